The predicted molar refractivity (Wildman–Crippen MR) is 225 cm³/mol. The van der Waals surface area contributed by atoms with Gasteiger partial charge < -0.3 is 19.3 Å². The van der Waals surface area contributed by atoms with Crippen LogP contribution in [0.25, 0.3) is 16.5 Å². The number of unbranched alkanes of at least 4 members (excludes halogenated alkanes) is 2. The summed E-state index contributed by atoms with van der Waals surface area (Å²) in [6, 6.07) is 22.2. The fourth-order valence-corrected chi connectivity index (χ4v) is 8.16. The molecule has 0 atom stereocenters. The lowest BCUT2D eigenvalue weighted by molar-refractivity contribution is 0.0732. The topological polar surface area (TPSA) is 140 Å². The number of hydrogen-bond acceptors (Lipinski definition) is 8. The van der Waals surface area contributed by atoms with E-state index in [2.05, 4.69) is 23.7 Å². The maximum Gasteiger partial charge on any atom is 0.275 e. The van der Waals surface area contributed by atoms with Crippen LogP contribution in [0.2, 0.25) is 5.02 Å². The van der Waals surface area contributed by atoms with Crippen molar-refractivity contribution in [3.63, 3.8) is 0 Å². The normalized spacial score (nSPS) is 12.7. The van der Waals surface area contributed by atoms with Gasteiger partial charge in [0.25, 0.3) is 27.7 Å². The van der Waals surface area contributed by atoms with Gasteiger partial charge in [0.05, 0.1) is 33.5 Å². The van der Waals surface area contributed by atoms with Crippen molar-refractivity contribution in [1.29, 1.82) is 0 Å². The van der Waals surface area contributed by atoms with E-state index in [0.717, 1.165) is 42.2 Å². The molecule has 58 heavy (non-hydrogen) atoms. The van der Waals surface area contributed by atoms with Crippen LogP contribution >= 0.6 is 11.6 Å². The molecule has 4 aromatic carbocycles. The van der Waals surface area contributed by atoms with Crippen molar-refractivity contribution >= 4 is 50.1 Å². The van der Waals surface area contributed by atoms with Gasteiger partial charge in [0, 0.05) is 38.3 Å². The van der Waals surface area contributed by atoms with Crippen LogP contribution in [0, 0.1) is 6.92 Å². The fraction of sp³-hybridized carbons (Fsp3) is 0.364. The first-order valence-electron chi connectivity index (χ1n) is 19.8. The van der Waals surface area contributed by atoms with Gasteiger partial charge in [-0.2, -0.15) is 5.10 Å². The maximum absolute atomic E-state index is 14.5. The lowest BCUT2D eigenvalue weighted by Crippen LogP contribution is -2.37. The first-order valence-corrected chi connectivity index (χ1v) is 21.7. The Kier molecular flexibility index (Phi) is 13.9. The maximum atomic E-state index is 14.5. The minimum absolute atomic E-state index is 0.0589. The summed E-state index contributed by atoms with van der Waals surface area (Å²) in [7, 11) is -4.36. The molecule has 5 aromatic rings. The van der Waals surface area contributed by atoms with Crippen LogP contribution in [0.4, 0.5) is 0 Å². The van der Waals surface area contributed by atoms with Gasteiger partial charge in [0.2, 0.25) is 0 Å². The average Bonchev–Trinajstić information content (AvgIpc) is 3.53. The summed E-state index contributed by atoms with van der Waals surface area (Å²) >= 11 is 6.83. The second kappa shape index (κ2) is 19.0. The van der Waals surface area contributed by atoms with Gasteiger partial charge in [-0.05, 0) is 97.5 Å². The van der Waals surface area contributed by atoms with E-state index in [1.54, 1.807) is 34.9 Å². The molecule has 0 spiro atoms. The number of hydrogen-bond donors (Lipinski definition) is 1. The quantitative estimate of drug-likeness (QED) is 0.0939. The molecule has 6 rings (SSSR count). The Morgan fingerprint density at radius 1 is 0.879 bits per heavy atom. The summed E-state index contributed by atoms with van der Waals surface area (Å²) < 4.78 is 42.1. The number of carbonyl (C=O) groups excluding carboxylic acids is 3. The van der Waals surface area contributed by atoms with Crippen LogP contribution < -0.4 is 9.46 Å². The highest BCUT2D eigenvalue weighted by Gasteiger charge is 2.30. The zero-order valence-corrected chi connectivity index (χ0v) is 35.0. The average molecular weight is 828 g/mol. The third-order valence-electron chi connectivity index (χ3n) is 10.3. The Morgan fingerprint density at radius 2 is 1.60 bits per heavy atom. The monoisotopic (exact) mass is 827 g/mol. The molecule has 3 amide bonds. The minimum atomic E-state index is -4.36. The van der Waals surface area contributed by atoms with E-state index >= 15 is 0 Å². The Hall–Kier alpha value is -5.24. The zero-order valence-electron chi connectivity index (χ0n) is 33.4. The number of fused-ring (bicyclic) bond motifs is 2. The molecule has 2 heterocycles. The number of benzene rings is 4. The minimum Gasteiger partial charge on any atom is -0.491 e. The van der Waals surface area contributed by atoms with Crippen LogP contribution in [0.15, 0.2) is 83.8 Å². The lowest BCUT2D eigenvalue weighted by atomic mass is 9.98. The van der Waals surface area contributed by atoms with E-state index in [1.165, 1.54) is 35.0 Å². The fourth-order valence-electron chi connectivity index (χ4n) is 6.95. The molecule has 0 bridgehead atoms. The first-order chi connectivity index (χ1) is 27.9. The van der Waals surface area contributed by atoms with Crippen molar-refractivity contribution in [2.24, 2.45) is 0 Å². The van der Waals surface area contributed by atoms with Crippen molar-refractivity contribution in [3.05, 3.63) is 118 Å². The molecule has 1 aromatic heterocycles. The molecule has 0 fully saturated rings. The number of amides is 3. The summed E-state index contributed by atoms with van der Waals surface area (Å²) in [5, 5.41) is 6.24. The van der Waals surface area contributed by atoms with Gasteiger partial charge in [0.15, 0.2) is 5.69 Å². The number of nitrogens with one attached hydrogen (secondary N) is 1. The number of halogens is 1. The van der Waals surface area contributed by atoms with E-state index in [4.69, 9.17) is 21.1 Å². The largest absolute Gasteiger partial charge is 0.491 e. The lowest BCUT2D eigenvalue weighted by Gasteiger charge is -2.29. The first kappa shape index (κ1) is 42.4. The summed E-state index contributed by atoms with van der Waals surface area (Å²) in [4.78, 5) is 45.5. The molecule has 0 aliphatic carbocycles. The smallest absolute Gasteiger partial charge is 0.275 e. The van der Waals surface area contributed by atoms with E-state index in [9.17, 15) is 22.8 Å². The predicted octanol–water partition coefficient (Wildman–Crippen LogP) is 7.76. The van der Waals surface area contributed by atoms with Crippen LogP contribution in [-0.2, 0) is 27.7 Å². The SMILES string of the molecule is CCCCN(CCCC)C(=O)c1nn(-c2ccc(C(=O)NS(=O)(=O)c3ccc4ccc(OCCOCC)cc4c3)cc2C(=O)N2CCc3ccccc3C2)c(C)c1Cl. The molecule has 0 saturated heterocycles. The number of aromatic nitrogens is 2. The van der Waals surface area contributed by atoms with Crippen LogP contribution in [0.1, 0.15) is 94.5 Å². The van der Waals surface area contributed by atoms with Crippen LogP contribution in [0.5, 0.6) is 5.75 Å². The Bertz CT molecular complexity index is 2410. The zero-order chi connectivity index (χ0) is 41.4. The summed E-state index contributed by atoms with van der Waals surface area (Å²) in [5.74, 6) is -1.06. The second-order valence-corrected chi connectivity index (χ2v) is 16.3. The second-order valence-electron chi connectivity index (χ2n) is 14.3. The highest BCUT2D eigenvalue weighted by atomic mass is 35.5. The molecular formula is C44H50ClN5O7S. The molecular weight excluding hydrogens is 778 g/mol. The molecule has 0 unspecified atom stereocenters. The number of rotatable bonds is 17. The number of sulfonamides is 1. The van der Waals surface area contributed by atoms with Gasteiger partial charge in [0.1, 0.15) is 12.4 Å². The van der Waals surface area contributed by atoms with Gasteiger partial charge in [-0.3, -0.25) is 14.4 Å². The molecule has 1 aliphatic heterocycles. The molecule has 1 aliphatic rings. The number of nitrogens with zero attached hydrogens (tertiary/aromatic N) is 4. The molecule has 1 N–H and O–H groups in total. The van der Waals surface area contributed by atoms with Gasteiger partial charge >= 0.3 is 0 Å². The van der Waals surface area contributed by atoms with Crippen molar-refractivity contribution in [3.8, 4) is 11.4 Å². The Morgan fingerprint density at radius 3 is 2.33 bits per heavy atom. The molecule has 306 valence electrons. The van der Waals surface area contributed by atoms with Gasteiger partial charge in [-0.15, -0.1) is 0 Å². The number of ether oxygens (including phenoxy) is 2. The van der Waals surface area contributed by atoms with Crippen LogP contribution in [-0.4, -0.2) is 85.2 Å². The van der Waals surface area contributed by atoms with Gasteiger partial charge in [-0.1, -0.05) is 74.7 Å². The van der Waals surface area contributed by atoms with E-state index < -0.39 is 15.9 Å². The third kappa shape index (κ3) is 9.54. The molecule has 12 nitrogen and oxygen atoms in total. The summed E-state index contributed by atoms with van der Waals surface area (Å²) in [6.07, 6.45) is 4.13. The molecule has 0 saturated carbocycles. The number of carbonyl (C=O) groups is 3. The molecule has 0 radical (unpaired) electrons. The van der Waals surface area contributed by atoms with Gasteiger partial charge in [-0.25, -0.2) is 17.8 Å². The third-order valence-corrected chi connectivity index (χ3v) is 12.0. The standard InChI is InChI=1S/C44H50ClN5O7S/c1-5-8-21-48(22-9-6-2)44(53)41-40(45)30(4)50(46-41)39-19-16-33(28-38(39)43(52)49-23-20-31-12-10-11-13-34(31)29-49)42(51)47-58(54,55)37-18-15-32-14-17-36(26-35(32)27-37)57-25-24-56-7-3/h10-19,26-28H,5-9,20-25,29H2,1-4H3,(H,47,51). The highest BCUT2D eigenvalue weighted by Crippen LogP contribution is 2.30. The van der Waals surface area contributed by atoms with E-state index in [0.29, 0.717) is 74.9 Å². The Labute approximate surface area is 345 Å². The van der Waals surface area contributed by atoms with Crippen molar-refractivity contribution < 1.29 is 32.3 Å². The van der Waals surface area contributed by atoms with E-state index in [1.807, 2.05) is 37.3 Å². The highest BCUT2D eigenvalue weighted by molar-refractivity contribution is 7.90. The summed E-state index contributed by atoms with van der Waals surface area (Å²) in [5.41, 5.74) is 3.01. The van der Waals surface area contributed by atoms with Crippen molar-refractivity contribution in [2.75, 3.05) is 39.5 Å². The summed E-state index contributed by atoms with van der Waals surface area (Å²) in [6.45, 7) is 11.0. The van der Waals surface area contributed by atoms with E-state index in [-0.39, 0.29) is 38.6 Å². The van der Waals surface area contributed by atoms with Crippen LogP contribution in [0.3, 0.4) is 0 Å². The Balaban J connectivity index is 1.33. The molecule has 14 heteroatoms. The van der Waals surface area contributed by atoms with Crippen molar-refractivity contribution in [2.45, 2.75) is 71.2 Å². The van der Waals surface area contributed by atoms with Crippen molar-refractivity contribution in [1.82, 2.24) is 24.3 Å².